The molecule has 1 amide bonds. The Morgan fingerprint density at radius 2 is 1.93 bits per heavy atom. The molecule has 82 valence electrons. The van der Waals surface area contributed by atoms with Crippen LogP contribution < -0.4 is 11.1 Å². The normalized spacial score (nSPS) is 12.5. The quantitative estimate of drug-likeness (QED) is 0.783. The summed E-state index contributed by atoms with van der Waals surface area (Å²) in [6, 6.07) is 2.66. The van der Waals surface area contributed by atoms with Gasteiger partial charge in [-0.2, -0.15) is 0 Å². The zero-order valence-electron chi connectivity index (χ0n) is 8.26. The van der Waals surface area contributed by atoms with Crippen LogP contribution in [-0.2, 0) is 11.3 Å². The Balaban J connectivity index is 2.61. The van der Waals surface area contributed by atoms with E-state index in [4.69, 9.17) is 5.73 Å². The fraction of sp³-hybridized carbons (Fsp3) is 0.300. The molecule has 1 aromatic rings. The van der Waals surface area contributed by atoms with E-state index in [0.29, 0.717) is 5.56 Å². The van der Waals surface area contributed by atoms with E-state index in [1.54, 1.807) is 6.92 Å². The number of benzene rings is 1. The minimum Gasteiger partial charge on any atom is -0.368 e. The van der Waals surface area contributed by atoms with Gasteiger partial charge in [-0.05, 0) is 24.6 Å². The molecular weight excluding hydrogens is 202 g/mol. The van der Waals surface area contributed by atoms with Gasteiger partial charge >= 0.3 is 0 Å². The third-order valence-corrected chi connectivity index (χ3v) is 1.96. The van der Waals surface area contributed by atoms with Crippen LogP contribution in [0.3, 0.4) is 0 Å². The molecule has 0 aromatic heterocycles. The van der Waals surface area contributed by atoms with E-state index in [0.717, 1.165) is 6.07 Å². The lowest BCUT2D eigenvalue weighted by atomic mass is 10.2. The number of halogens is 2. The van der Waals surface area contributed by atoms with Crippen molar-refractivity contribution in [1.82, 2.24) is 5.32 Å². The predicted molar refractivity (Wildman–Crippen MR) is 51.9 cm³/mol. The largest absolute Gasteiger partial charge is 0.368 e. The molecule has 0 aliphatic heterocycles. The van der Waals surface area contributed by atoms with Gasteiger partial charge in [0.2, 0.25) is 5.91 Å². The van der Waals surface area contributed by atoms with Crippen LogP contribution in [0.1, 0.15) is 12.5 Å². The SMILES string of the molecule is C[C@H](NCc1cc(F)cc(F)c1)C(N)=O. The van der Waals surface area contributed by atoms with E-state index in [2.05, 4.69) is 5.32 Å². The van der Waals surface area contributed by atoms with Crippen molar-refractivity contribution in [2.75, 3.05) is 0 Å². The molecule has 0 bridgehead atoms. The lowest BCUT2D eigenvalue weighted by molar-refractivity contribution is -0.119. The van der Waals surface area contributed by atoms with Crippen molar-refractivity contribution >= 4 is 5.91 Å². The van der Waals surface area contributed by atoms with E-state index >= 15 is 0 Å². The molecule has 3 N–H and O–H groups in total. The molecule has 1 rings (SSSR count). The second-order valence-electron chi connectivity index (χ2n) is 3.28. The summed E-state index contributed by atoms with van der Waals surface area (Å²) >= 11 is 0. The first-order chi connectivity index (χ1) is 6.99. The molecule has 3 nitrogen and oxygen atoms in total. The van der Waals surface area contributed by atoms with Crippen molar-refractivity contribution in [3.63, 3.8) is 0 Å². The molecule has 0 unspecified atom stereocenters. The number of rotatable bonds is 4. The van der Waals surface area contributed by atoms with E-state index in [9.17, 15) is 13.6 Å². The van der Waals surface area contributed by atoms with E-state index < -0.39 is 23.6 Å². The maximum atomic E-state index is 12.8. The van der Waals surface area contributed by atoms with Gasteiger partial charge in [-0.15, -0.1) is 0 Å². The molecule has 1 atom stereocenters. The Labute approximate surface area is 86.3 Å². The first-order valence-corrected chi connectivity index (χ1v) is 4.46. The van der Waals surface area contributed by atoms with Crippen LogP contribution in [0, 0.1) is 11.6 Å². The number of nitrogens with one attached hydrogen (secondary N) is 1. The number of carbonyl (C=O) groups excluding carboxylic acids is 1. The molecule has 1 aromatic carbocycles. The highest BCUT2D eigenvalue weighted by molar-refractivity contribution is 5.79. The minimum absolute atomic E-state index is 0.193. The van der Waals surface area contributed by atoms with Crippen molar-refractivity contribution in [1.29, 1.82) is 0 Å². The van der Waals surface area contributed by atoms with Crippen molar-refractivity contribution < 1.29 is 13.6 Å². The maximum Gasteiger partial charge on any atom is 0.234 e. The Bertz CT molecular complexity index is 348. The van der Waals surface area contributed by atoms with Gasteiger partial charge in [0.15, 0.2) is 0 Å². The van der Waals surface area contributed by atoms with Gasteiger partial charge in [-0.1, -0.05) is 0 Å². The van der Waals surface area contributed by atoms with Crippen LogP contribution in [0.5, 0.6) is 0 Å². The summed E-state index contributed by atoms with van der Waals surface area (Å²) in [6.07, 6.45) is 0. The molecule has 0 heterocycles. The molecule has 0 spiro atoms. The van der Waals surface area contributed by atoms with Crippen LogP contribution in [0.15, 0.2) is 18.2 Å². The Hall–Kier alpha value is -1.49. The molecule has 0 aliphatic carbocycles. The van der Waals surface area contributed by atoms with Gasteiger partial charge < -0.3 is 11.1 Å². The molecule has 0 fully saturated rings. The Morgan fingerprint density at radius 3 is 2.40 bits per heavy atom. The zero-order chi connectivity index (χ0) is 11.4. The van der Waals surface area contributed by atoms with E-state index in [-0.39, 0.29) is 6.54 Å². The van der Waals surface area contributed by atoms with Crippen molar-refractivity contribution in [2.24, 2.45) is 5.73 Å². The second kappa shape index (κ2) is 4.84. The molecule has 0 saturated heterocycles. The van der Waals surface area contributed by atoms with Gasteiger partial charge in [-0.25, -0.2) is 8.78 Å². The fourth-order valence-electron chi connectivity index (χ4n) is 1.08. The lowest BCUT2D eigenvalue weighted by Gasteiger charge is -2.09. The smallest absolute Gasteiger partial charge is 0.234 e. The molecular formula is C10H12F2N2O. The zero-order valence-corrected chi connectivity index (χ0v) is 8.26. The van der Waals surface area contributed by atoms with Crippen LogP contribution >= 0.6 is 0 Å². The van der Waals surface area contributed by atoms with Crippen molar-refractivity contribution in [3.05, 3.63) is 35.4 Å². The molecule has 5 heteroatoms. The van der Waals surface area contributed by atoms with E-state index in [1.165, 1.54) is 12.1 Å². The third kappa shape index (κ3) is 3.63. The molecule has 0 radical (unpaired) electrons. The fourth-order valence-corrected chi connectivity index (χ4v) is 1.08. The summed E-state index contributed by atoms with van der Waals surface area (Å²) < 4.78 is 25.5. The van der Waals surface area contributed by atoms with Gasteiger partial charge in [0.05, 0.1) is 6.04 Å². The monoisotopic (exact) mass is 214 g/mol. The third-order valence-electron chi connectivity index (χ3n) is 1.96. The van der Waals surface area contributed by atoms with Crippen molar-refractivity contribution in [2.45, 2.75) is 19.5 Å². The second-order valence-corrected chi connectivity index (χ2v) is 3.28. The maximum absolute atomic E-state index is 12.8. The summed E-state index contributed by atoms with van der Waals surface area (Å²) in [5.41, 5.74) is 5.44. The predicted octanol–water partition coefficient (Wildman–Crippen LogP) is 0.928. The topological polar surface area (TPSA) is 55.1 Å². The highest BCUT2D eigenvalue weighted by Gasteiger charge is 2.07. The summed E-state index contributed by atoms with van der Waals surface area (Å²) in [5.74, 6) is -1.79. The highest BCUT2D eigenvalue weighted by atomic mass is 19.1. The number of nitrogens with two attached hydrogens (primary N) is 1. The summed E-state index contributed by atoms with van der Waals surface area (Å²) in [6.45, 7) is 1.77. The average Bonchev–Trinajstić information content (AvgIpc) is 2.12. The number of hydrogen-bond donors (Lipinski definition) is 2. The highest BCUT2D eigenvalue weighted by Crippen LogP contribution is 2.07. The standard InChI is InChI=1S/C10H12F2N2O/c1-6(10(13)15)14-5-7-2-8(11)4-9(12)3-7/h2-4,6,14H,5H2,1H3,(H2,13,15)/t6-/m0/s1. The Kier molecular flexibility index (Phi) is 3.74. The lowest BCUT2D eigenvalue weighted by Crippen LogP contribution is -2.38. The number of carbonyl (C=O) groups is 1. The van der Waals surface area contributed by atoms with Crippen LogP contribution in [0.2, 0.25) is 0 Å². The summed E-state index contributed by atoms with van der Waals surface area (Å²) in [5, 5.41) is 2.74. The van der Waals surface area contributed by atoms with Gasteiger partial charge in [0.1, 0.15) is 11.6 Å². The van der Waals surface area contributed by atoms with Crippen LogP contribution in [-0.4, -0.2) is 11.9 Å². The number of hydrogen-bond acceptors (Lipinski definition) is 2. The van der Waals surface area contributed by atoms with Gasteiger partial charge in [-0.3, -0.25) is 4.79 Å². The number of primary amides is 1. The molecule has 0 aliphatic rings. The van der Waals surface area contributed by atoms with Crippen LogP contribution in [0.25, 0.3) is 0 Å². The van der Waals surface area contributed by atoms with Gasteiger partial charge in [0.25, 0.3) is 0 Å². The average molecular weight is 214 g/mol. The molecule has 15 heavy (non-hydrogen) atoms. The van der Waals surface area contributed by atoms with Crippen LogP contribution in [0.4, 0.5) is 8.78 Å². The summed E-state index contributed by atoms with van der Waals surface area (Å²) in [7, 11) is 0. The first-order valence-electron chi connectivity index (χ1n) is 4.46. The Morgan fingerprint density at radius 1 is 1.40 bits per heavy atom. The number of amides is 1. The van der Waals surface area contributed by atoms with Crippen molar-refractivity contribution in [3.8, 4) is 0 Å². The van der Waals surface area contributed by atoms with Gasteiger partial charge in [0, 0.05) is 12.6 Å². The van der Waals surface area contributed by atoms with E-state index in [1.807, 2.05) is 0 Å². The molecule has 0 saturated carbocycles. The first kappa shape index (κ1) is 11.6. The minimum atomic E-state index is -0.640. The summed E-state index contributed by atoms with van der Waals surface area (Å²) in [4.78, 5) is 10.7.